The normalized spacial score (nSPS) is 21.9. The van der Waals surface area contributed by atoms with Gasteiger partial charge in [0.15, 0.2) is 0 Å². The van der Waals surface area contributed by atoms with E-state index in [4.69, 9.17) is 0 Å². The van der Waals surface area contributed by atoms with Crippen molar-refractivity contribution in [2.24, 2.45) is 0 Å². The van der Waals surface area contributed by atoms with Gasteiger partial charge in [-0.2, -0.15) is 13.2 Å². The molecular weight excluding hydrogens is 283 g/mol. The van der Waals surface area contributed by atoms with E-state index in [1.807, 2.05) is 0 Å². The van der Waals surface area contributed by atoms with Crippen LogP contribution in [0.3, 0.4) is 0 Å². The minimum Gasteiger partial charge on any atom is -0.348 e. The van der Waals surface area contributed by atoms with Gasteiger partial charge in [-0.05, 0) is 17.7 Å². The van der Waals surface area contributed by atoms with Crippen molar-refractivity contribution in [2.75, 3.05) is 6.54 Å². The van der Waals surface area contributed by atoms with Crippen LogP contribution >= 0.6 is 0 Å². The molecule has 2 heterocycles. The van der Waals surface area contributed by atoms with Gasteiger partial charge in [0.05, 0.1) is 17.6 Å². The molecule has 0 saturated carbocycles. The summed E-state index contributed by atoms with van der Waals surface area (Å²) in [7, 11) is 0. The average molecular weight is 295 g/mol. The van der Waals surface area contributed by atoms with Crippen molar-refractivity contribution in [1.82, 2.24) is 15.3 Å². The zero-order valence-corrected chi connectivity index (χ0v) is 10.8. The van der Waals surface area contributed by atoms with Crippen LogP contribution in [0.15, 0.2) is 30.6 Å². The third-order valence-electron chi connectivity index (χ3n) is 3.66. The van der Waals surface area contributed by atoms with E-state index in [2.05, 4.69) is 15.3 Å². The molecule has 0 radical (unpaired) electrons. The second kappa shape index (κ2) is 5.00. The van der Waals surface area contributed by atoms with E-state index in [1.54, 1.807) is 0 Å². The summed E-state index contributed by atoms with van der Waals surface area (Å²) in [5, 5.41) is 3.03. The number of halogens is 3. The first-order valence-corrected chi connectivity index (χ1v) is 6.39. The number of aromatic nitrogens is 2. The molecule has 1 aromatic heterocycles. The highest BCUT2D eigenvalue weighted by molar-refractivity contribution is 5.62. The third-order valence-corrected chi connectivity index (χ3v) is 3.66. The van der Waals surface area contributed by atoms with Crippen LogP contribution in [0.4, 0.5) is 13.2 Å². The highest BCUT2D eigenvalue weighted by Gasteiger charge is 2.32. The zero-order chi connectivity index (χ0) is 15.0. The minimum atomic E-state index is -4.34. The molecule has 2 aromatic rings. The van der Waals surface area contributed by atoms with E-state index in [9.17, 15) is 18.0 Å². The number of nitrogens with one attached hydrogen (secondary N) is 2. The Morgan fingerprint density at radius 3 is 2.57 bits per heavy atom. The highest BCUT2D eigenvalue weighted by atomic mass is 19.4. The second-order valence-electron chi connectivity index (χ2n) is 4.90. The molecule has 3 rings (SSSR count). The number of alkyl halides is 3. The Labute approximate surface area is 118 Å². The minimum absolute atomic E-state index is 0.152. The Kier molecular flexibility index (Phi) is 3.29. The molecule has 2 atom stereocenters. The van der Waals surface area contributed by atoms with Gasteiger partial charge >= 0.3 is 6.18 Å². The van der Waals surface area contributed by atoms with Crippen LogP contribution in [0.1, 0.15) is 34.5 Å². The van der Waals surface area contributed by atoms with Crippen molar-refractivity contribution in [3.05, 3.63) is 53.1 Å². The smallest absolute Gasteiger partial charge is 0.348 e. The van der Waals surface area contributed by atoms with E-state index in [0.29, 0.717) is 12.2 Å². The monoisotopic (exact) mass is 295 g/mol. The van der Waals surface area contributed by atoms with Crippen LogP contribution < -0.4 is 5.32 Å². The van der Waals surface area contributed by atoms with Crippen molar-refractivity contribution >= 4 is 6.29 Å². The van der Waals surface area contributed by atoms with Gasteiger partial charge in [-0.15, -0.1) is 0 Å². The molecule has 0 spiro atoms. The summed E-state index contributed by atoms with van der Waals surface area (Å²) < 4.78 is 37.7. The number of carbonyl (C=O) groups is 1. The molecule has 1 aliphatic heterocycles. The van der Waals surface area contributed by atoms with Crippen LogP contribution in [-0.4, -0.2) is 22.8 Å². The van der Waals surface area contributed by atoms with Crippen LogP contribution in [0.5, 0.6) is 0 Å². The Hall–Kier alpha value is -2.15. The van der Waals surface area contributed by atoms with Crippen molar-refractivity contribution in [3.63, 3.8) is 0 Å². The molecule has 0 bridgehead atoms. The fraction of sp³-hybridized carbons (Fsp3) is 0.286. The number of fused-ring (bicyclic) bond motifs is 1. The van der Waals surface area contributed by atoms with Gasteiger partial charge in [0.2, 0.25) is 0 Å². The van der Waals surface area contributed by atoms with Gasteiger partial charge in [0, 0.05) is 18.2 Å². The number of nitrogens with zero attached hydrogens (tertiary/aromatic N) is 1. The number of rotatable bonds is 2. The fourth-order valence-electron chi connectivity index (χ4n) is 2.59. The van der Waals surface area contributed by atoms with Gasteiger partial charge in [-0.3, -0.25) is 0 Å². The van der Waals surface area contributed by atoms with Gasteiger partial charge in [0.25, 0.3) is 0 Å². The number of hydrogen-bond acceptors (Lipinski definition) is 3. The van der Waals surface area contributed by atoms with Gasteiger partial charge in [-0.25, -0.2) is 4.98 Å². The Morgan fingerprint density at radius 1 is 1.24 bits per heavy atom. The summed E-state index contributed by atoms with van der Waals surface area (Å²) in [4.78, 5) is 18.1. The Morgan fingerprint density at radius 2 is 1.95 bits per heavy atom. The number of imidazole rings is 1. The molecule has 0 fully saturated rings. The predicted octanol–water partition coefficient (Wildman–Crippen LogP) is 2.40. The lowest BCUT2D eigenvalue weighted by molar-refractivity contribution is -0.137. The highest BCUT2D eigenvalue weighted by Crippen LogP contribution is 2.34. The van der Waals surface area contributed by atoms with E-state index >= 15 is 0 Å². The molecule has 0 saturated heterocycles. The fourth-order valence-corrected chi connectivity index (χ4v) is 2.59. The lowest BCUT2D eigenvalue weighted by Gasteiger charge is -2.26. The quantitative estimate of drug-likeness (QED) is 0.836. The molecule has 0 aliphatic carbocycles. The summed E-state index contributed by atoms with van der Waals surface area (Å²) in [5.74, 6) is -0.152. The number of benzene rings is 1. The van der Waals surface area contributed by atoms with Crippen molar-refractivity contribution in [2.45, 2.75) is 18.1 Å². The van der Waals surface area contributed by atoms with Crippen LogP contribution in [-0.2, 0) is 11.0 Å². The molecule has 1 aliphatic rings. The molecule has 110 valence electrons. The lowest BCUT2D eigenvalue weighted by Crippen LogP contribution is -2.34. The Balaban J connectivity index is 1.94. The molecular formula is C14H12F3N3O. The van der Waals surface area contributed by atoms with Crippen LogP contribution in [0, 0.1) is 0 Å². The zero-order valence-electron chi connectivity index (χ0n) is 10.8. The molecule has 21 heavy (non-hydrogen) atoms. The number of hydrogen-bond donors (Lipinski definition) is 2. The van der Waals surface area contributed by atoms with E-state index in [1.165, 1.54) is 18.5 Å². The first-order chi connectivity index (χ1) is 10.0. The van der Waals surface area contributed by atoms with Crippen LogP contribution in [0.2, 0.25) is 0 Å². The molecule has 4 nitrogen and oxygen atoms in total. The topological polar surface area (TPSA) is 57.8 Å². The van der Waals surface area contributed by atoms with Gasteiger partial charge in [-0.1, -0.05) is 12.1 Å². The standard InChI is InChI=1S/C14H12F3N3O/c15-14(16,17)9-3-1-8(2-4-9)10-5-18-11(6-21)13-12(10)19-7-20-13/h1-4,6-7,10-11,18H,5H2,(H,19,20). The number of aldehydes is 1. The second-order valence-corrected chi connectivity index (χ2v) is 4.90. The van der Waals surface area contributed by atoms with Gasteiger partial charge < -0.3 is 15.1 Å². The van der Waals surface area contributed by atoms with E-state index in [-0.39, 0.29) is 5.92 Å². The van der Waals surface area contributed by atoms with Crippen molar-refractivity contribution in [1.29, 1.82) is 0 Å². The largest absolute Gasteiger partial charge is 0.416 e. The lowest BCUT2D eigenvalue weighted by atomic mass is 9.89. The third kappa shape index (κ3) is 2.44. The van der Waals surface area contributed by atoms with E-state index < -0.39 is 17.8 Å². The molecule has 0 amide bonds. The van der Waals surface area contributed by atoms with E-state index in [0.717, 1.165) is 29.7 Å². The maximum absolute atomic E-state index is 12.6. The first kappa shape index (κ1) is 13.8. The summed E-state index contributed by atoms with van der Waals surface area (Å²) in [6.07, 6.45) is -2.08. The number of carbonyl (C=O) groups excluding carboxylic acids is 1. The molecule has 7 heteroatoms. The molecule has 1 aromatic carbocycles. The summed E-state index contributed by atoms with van der Waals surface area (Å²) in [6, 6.07) is 4.58. The maximum atomic E-state index is 12.6. The first-order valence-electron chi connectivity index (χ1n) is 6.39. The van der Waals surface area contributed by atoms with Crippen molar-refractivity contribution < 1.29 is 18.0 Å². The maximum Gasteiger partial charge on any atom is 0.416 e. The molecule has 2 N–H and O–H groups in total. The number of H-pyrrole nitrogens is 1. The molecule has 2 unspecified atom stereocenters. The Bertz CT molecular complexity index is 648. The number of aromatic amines is 1. The average Bonchev–Trinajstić information content (AvgIpc) is 2.95. The van der Waals surface area contributed by atoms with Crippen LogP contribution in [0.25, 0.3) is 0 Å². The SMILES string of the molecule is O=CC1NCC(c2ccc(C(F)(F)F)cc2)c2[nH]cnc21. The van der Waals surface area contributed by atoms with Gasteiger partial charge in [0.1, 0.15) is 12.3 Å². The summed E-state index contributed by atoms with van der Waals surface area (Å²) in [6.45, 7) is 0.462. The van der Waals surface area contributed by atoms with Crippen molar-refractivity contribution in [3.8, 4) is 0 Å². The summed E-state index contributed by atoms with van der Waals surface area (Å²) in [5.41, 5.74) is 1.43. The summed E-state index contributed by atoms with van der Waals surface area (Å²) >= 11 is 0. The predicted molar refractivity (Wildman–Crippen MR) is 68.7 cm³/mol.